The number of carbonyl (C=O) groups excluding carboxylic acids is 1. The van der Waals surface area contributed by atoms with E-state index in [0.29, 0.717) is 22.9 Å². The van der Waals surface area contributed by atoms with E-state index in [1.807, 2.05) is 24.4 Å². The van der Waals surface area contributed by atoms with E-state index in [4.69, 9.17) is 17.3 Å². The number of hydrogen-bond acceptors (Lipinski definition) is 5. The first-order valence-electron chi connectivity index (χ1n) is 6.38. The van der Waals surface area contributed by atoms with Crippen molar-refractivity contribution in [3.8, 4) is 0 Å². The van der Waals surface area contributed by atoms with Crippen LogP contribution < -0.4 is 11.1 Å². The highest BCUT2D eigenvalue weighted by molar-refractivity contribution is 7.09. The Kier molecular flexibility index (Phi) is 5.17. The Morgan fingerprint density at radius 1 is 1.52 bits per heavy atom. The van der Waals surface area contributed by atoms with Crippen LogP contribution in [-0.2, 0) is 11.3 Å². The minimum atomic E-state index is -0.132. The molecule has 0 aliphatic carbocycles. The zero-order chi connectivity index (χ0) is 15.4. The van der Waals surface area contributed by atoms with E-state index in [-0.39, 0.29) is 12.5 Å². The van der Waals surface area contributed by atoms with Crippen molar-refractivity contribution < 1.29 is 4.79 Å². The topological polar surface area (TPSA) is 71.2 Å². The van der Waals surface area contributed by atoms with E-state index in [1.54, 1.807) is 29.5 Å². The number of aryl methyl sites for hydroxylation is 1. The summed E-state index contributed by atoms with van der Waals surface area (Å²) in [6, 6.07) is 5.00. The van der Waals surface area contributed by atoms with E-state index in [9.17, 15) is 4.79 Å². The Balaban J connectivity index is 1.92. The largest absolute Gasteiger partial charge is 0.399 e. The molecule has 0 fully saturated rings. The van der Waals surface area contributed by atoms with Gasteiger partial charge in [0.1, 0.15) is 0 Å². The van der Waals surface area contributed by atoms with E-state index in [2.05, 4.69) is 10.3 Å². The number of benzene rings is 1. The van der Waals surface area contributed by atoms with Crippen LogP contribution in [0.3, 0.4) is 0 Å². The van der Waals surface area contributed by atoms with Crippen LogP contribution in [0.5, 0.6) is 0 Å². The Labute approximate surface area is 132 Å². The van der Waals surface area contributed by atoms with E-state index >= 15 is 0 Å². The van der Waals surface area contributed by atoms with Crippen molar-refractivity contribution in [1.29, 1.82) is 0 Å². The van der Waals surface area contributed by atoms with E-state index in [1.165, 1.54) is 0 Å². The molecule has 21 heavy (non-hydrogen) atoms. The molecule has 2 rings (SSSR count). The van der Waals surface area contributed by atoms with Crippen molar-refractivity contribution in [3.05, 3.63) is 39.3 Å². The lowest BCUT2D eigenvalue weighted by Gasteiger charge is -2.16. The number of thiazole rings is 1. The summed E-state index contributed by atoms with van der Waals surface area (Å²) in [6.45, 7) is 2.92. The maximum absolute atomic E-state index is 12.0. The summed E-state index contributed by atoms with van der Waals surface area (Å²) >= 11 is 7.61. The number of likely N-dealkylation sites (N-methyl/N-ethyl adjacent to an activating group) is 1. The first-order chi connectivity index (χ1) is 9.95. The second-order valence-corrected chi connectivity index (χ2v) is 6.17. The second-order valence-electron chi connectivity index (χ2n) is 4.82. The van der Waals surface area contributed by atoms with Crippen LogP contribution in [0, 0.1) is 6.92 Å². The van der Waals surface area contributed by atoms with Gasteiger partial charge in [0.15, 0.2) is 0 Å². The molecule has 0 unspecified atom stereocenters. The van der Waals surface area contributed by atoms with Crippen molar-refractivity contribution in [2.75, 3.05) is 24.6 Å². The fraction of sp³-hybridized carbons (Fsp3) is 0.286. The van der Waals surface area contributed by atoms with Crippen molar-refractivity contribution in [3.63, 3.8) is 0 Å². The predicted molar refractivity (Wildman–Crippen MR) is 87.7 cm³/mol. The van der Waals surface area contributed by atoms with Gasteiger partial charge in [-0.15, -0.1) is 11.3 Å². The Morgan fingerprint density at radius 2 is 2.29 bits per heavy atom. The van der Waals surface area contributed by atoms with E-state index in [0.717, 1.165) is 10.6 Å². The van der Waals surface area contributed by atoms with Gasteiger partial charge in [-0.2, -0.15) is 0 Å². The molecule has 0 saturated carbocycles. The molecule has 0 spiro atoms. The lowest BCUT2D eigenvalue weighted by Crippen LogP contribution is -2.29. The molecule has 0 saturated heterocycles. The fourth-order valence-corrected chi connectivity index (χ4v) is 2.87. The Bertz CT molecular complexity index is 644. The molecule has 112 valence electrons. The van der Waals surface area contributed by atoms with Crippen molar-refractivity contribution in [2.45, 2.75) is 13.5 Å². The lowest BCUT2D eigenvalue weighted by atomic mass is 10.3. The molecule has 0 aliphatic heterocycles. The van der Waals surface area contributed by atoms with Crippen molar-refractivity contribution in [1.82, 2.24) is 9.88 Å². The Morgan fingerprint density at radius 3 is 2.95 bits per heavy atom. The van der Waals surface area contributed by atoms with Crippen LogP contribution in [-0.4, -0.2) is 29.4 Å². The van der Waals surface area contributed by atoms with Gasteiger partial charge >= 0.3 is 0 Å². The number of hydrogen-bond donors (Lipinski definition) is 2. The van der Waals surface area contributed by atoms with Gasteiger partial charge in [-0.1, -0.05) is 11.6 Å². The third kappa shape index (κ3) is 4.42. The zero-order valence-corrected chi connectivity index (χ0v) is 13.5. The summed E-state index contributed by atoms with van der Waals surface area (Å²) in [4.78, 5) is 19.3. The first kappa shape index (κ1) is 15.8. The third-order valence-electron chi connectivity index (χ3n) is 2.94. The van der Waals surface area contributed by atoms with Gasteiger partial charge in [0.05, 0.1) is 28.5 Å². The number of aromatic nitrogens is 1. The standard InChI is InChI=1S/C14H17ClN4OS/c1-9-13(21-8-17-9)6-19(2)7-14(20)18-12-5-10(16)3-4-11(12)15/h3-5,8H,6-7,16H2,1-2H3,(H,18,20). The normalized spacial score (nSPS) is 10.9. The highest BCUT2D eigenvalue weighted by Gasteiger charge is 2.11. The van der Waals surface area contributed by atoms with Crippen molar-refractivity contribution >= 4 is 40.2 Å². The maximum Gasteiger partial charge on any atom is 0.238 e. The van der Waals surface area contributed by atoms with Gasteiger partial charge in [0, 0.05) is 17.1 Å². The average Bonchev–Trinajstić information content (AvgIpc) is 2.79. The quantitative estimate of drug-likeness (QED) is 0.830. The third-order valence-corrected chi connectivity index (χ3v) is 4.19. The molecule has 3 N–H and O–H groups in total. The minimum Gasteiger partial charge on any atom is -0.399 e. The fourth-order valence-electron chi connectivity index (χ4n) is 1.85. The van der Waals surface area contributed by atoms with Crippen molar-refractivity contribution in [2.24, 2.45) is 0 Å². The second kappa shape index (κ2) is 6.89. The molecular weight excluding hydrogens is 308 g/mol. The number of halogens is 1. The number of anilines is 2. The molecule has 0 radical (unpaired) electrons. The Hall–Kier alpha value is -1.63. The molecule has 7 heteroatoms. The summed E-state index contributed by atoms with van der Waals surface area (Å²) in [5, 5.41) is 3.24. The molecule has 1 aromatic heterocycles. The lowest BCUT2D eigenvalue weighted by molar-refractivity contribution is -0.117. The summed E-state index contributed by atoms with van der Waals surface area (Å²) in [6.07, 6.45) is 0. The van der Waals surface area contributed by atoms with Crippen LogP contribution in [0.2, 0.25) is 5.02 Å². The van der Waals surface area contributed by atoms with Crippen LogP contribution in [0.4, 0.5) is 11.4 Å². The van der Waals surface area contributed by atoms with Crippen LogP contribution >= 0.6 is 22.9 Å². The molecule has 2 aromatic rings. The van der Waals surface area contributed by atoms with Gasteiger partial charge in [-0.3, -0.25) is 9.69 Å². The summed E-state index contributed by atoms with van der Waals surface area (Å²) in [7, 11) is 1.89. The van der Waals surface area contributed by atoms with Gasteiger partial charge < -0.3 is 11.1 Å². The number of nitrogens with one attached hydrogen (secondary N) is 1. The van der Waals surface area contributed by atoms with Crippen LogP contribution in [0.15, 0.2) is 23.7 Å². The molecule has 1 heterocycles. The SMILES string of the molecule is Cc1ncsc1CN(C)CC(=O)Nc1cc(N)ccc1Cl. The molecule has 0 atom stereocenters. The molecular formula is C14H17ClN4OS. The molecule has 0 aliphatic rings. The zero-order valence-electron chi connectivity index (χ0n) is 11.9. The monoisotopic (exact) mass is 324 g/mol. The number of amides is 1. The highest BCUT2D eigenvalue weighted by atomic mass is 35.5. The van der Waals surface area contributed by atoms with Gasteiger partial charge in [0.25, 0.3) is 0 Å². The number of nitrogens with two attached hydrogens (primary N) is 1. The van der Waals surface area contributed by atoms with Crippen LogP contribution in [0.1, 0.15) is 10.6 Å². The smallest absolute Gasteiger partial charge is 0.238 e. The predicted octanol–water partition coefficient (Wildman–Crippen LogP) is 2.76. The molecule has 1 amide bonds. The summed E-state index contributed by atoms with van der Waals surface area (Å²) in [5.74, 6) is -0.132. The van der Waals surface area contributed by atoms with Gasteiger partial charge in [-0.25, -0.2) is 4.98 Å². The van der Waals surface area contributed by atoms with Crippen LogP contribution in [0.25, 0.3) is 0 Å². The minimum absolute atomic E-state index is 0.132. The molecule has 5 nitrogen and oxygen atoms in total. The highest BCUT2D eigenvalue weighted by Crippen LogP contribution is 2.24. The number of nitrogen functional groups attached to an aromatic ring is 1. The first-order valence-corrected chi connectivity index (χ1v) is 7.64. The molecule has 0 bridgehead atoms. The summed E-state index contributed by atoms with van der Waals surface area (Å²) < 4.78 is 0. The molecule has 1 aromatic carbocycles. The average molecular weight is 325 g/mol. The number of carbonyl (C=O) groups is 1. The van der Waals surface area contributed by atoms with E-state index < -0.39 is 0 Å². The number of nitrogens with zero attached hydrogens (tertiary/aromatic N) is 2. The maximum atomic E-state index is 12.0. The number of rotatable bonds is 5. The van der Waals surface area contributed by atoms with Gasteiger partial charge in [0.2, 0.25) is 5.91 Å². The van der Waals surface area contributed by atoms with Gasteiger partial charge in [-0.05, 0) is 32.2 Å². The summed E-state index contributed by atoms with van der Waals surface area (Å²) in [5.41, 5.74) is 9.59.